The van der Waals surface area contributed by atoms with Gasteiger partial charge in [0.25, 0.3) is 0 Å². The third kappa shape index (κ3) is 4.48. The van der Waals surface area contributed by atoms with Crippen molar-refractivity contribution in [2.45, 2.75) is 19.4 Å². The molecule has 2 aromatic carbocycles. The second-order valence-electron chi connectivity index (χ2n) is 4.94. The van der Waals surface area contributed by atoms with Gasteiger partial charge in [-0.3, -0.25) is 4.99 Å². The van der Waals surface area contributed by atoms with Crippen LogP contribution in [-0.2, 0) is 6.42 Å². The highest BCUT2D eigenvalue weighted by Gasteiger charge is 2.10. The summed E-state index contributed by atoms with van der Waals surface area (Å²) >= 11 is 6.04. The number of nitrogens with one attached hydrogen (secondary N) is 1. The standard InChI is InChI=1S/C17H20ClN3O/c1-2-12-6-5-7-13(10-12)21-17(19)20-11-16(22)14-8-3-4-9-15(14)18/h3-10,16,22H,2,11H2,1H3,(H3,19,20,21). The third-order valence-electron chi connectivity index (χ3n) is 3.31. The Morgan fingerprint density at radius 3 is 2.77 bits per heavy atom. The molecule has 2 aromatic rings. The van der Waals surface area contributed by atoms with Crippen molar-refractivity contribution in [3.63, 3.8) is 0 Å². The summed E-state index contributed by atoms with van der Waals surface area (Å²) in [6, 6.07) is 15.1. The van der Waals surface area contributed by atoms with E-state index in [1.807, 2.05) is 30.3 Å². The number of aliphatic hydroxyl groups is 1. The third-order valence-corrected chi connectivity index (χ3v) is 3.65. The van der Waals surface area contributed by atoms with E-state index in [0.29, 0.717) is 10.6 Å². The number of aliphatic imine (C=N–C) groups is 1. The van der Waals surface area contributed by atoms with Crippen molar-refractivity contribution in [1.82, 2.24) is 0 Å². The lowest BCUT2D eigenvalue weighted by Gasteiger charge is -2.11. The molecule has 0 heterocycles. The summed E-state index contributed by atoms with van der Waals surface area (Å²) in [5.41, 5.74) is 8.60. The number of aliphatic hydroxyl groups excluding tert-OH is 1. The fraction of sp³-hybridized carbons (Fsp3) is 0.235. The molecule has 5 heteroatoms. The normalized spacial score (nSPS) is 13.0. The lowest BCUT2D eigenvalue weighted by atomic mass is 10.1. The topological polar surface area (TPSA) is 70.6 Å². The summed E-state index contributed by atoms with van der Waals surface area (Å²) in [7, 11) is 0. The SMILES string of the molecule is CCc1cccc(NC(N)=NCC(O)c2ccccc2Cl)c1. The van der Waals surface area contributed by atoms with Gasteiger partial charge in [0.05, 0.1) is 6.54 Å². The number of halogens is 1. The van der Waals surface area contributed by atoms with Gasteiger partial charge in [-0.1, -0.05) is 48.9 Å². The quantitative estimate of drug-likeness (QED) is 0.585. The Morgan fingerprint density at radius 1 is 1.27 bits per heavy atom. The number of nitrogens with two attached hydrogens (primary N) is 1. The number of rotatable bonds is 5. The van der Waals surface area contributed by atoms with Crippen molar-refractivity contribution < 1.29 is 5.11 Å². The second-order valence-corrected chi connectivity index (χ2v) is 5.35. The van der Waals surface area contributed by atoms with Crippen LogP contribution in [0.25, 0.3) is 0 Å². The molecule has 0 aromatic heterocycles. The van der Waals surface area contributed by atoms with E-state index in [-0.39, 0.29) is 12.5 Å². The van der Waals surface area contributed by atoms with Gasteiger partial charge in [-0.05, 0) is 30.2 Å². The average Bonchev–Trinajstić information content (AvgIpc) is 2.53. The number of aryl methyl sites for hydroxylation is 1. The average molecular weight is 318 g/mol. The monoisotopic (exact) mass is 317 g/mol. The van der Waals surface area contributed by atoms with Crippen molar-refractivity contribution in [1.29, 1.82) is 0 Å². The van der Waals surface area contributed by atoms with Gasteiger partial charge in [-0.15, -0.1) is 0 Å². The summed E-state index contributed by atoms with van der Waals surface area (Å²) in [5.74, 6) is 0.263. The van der Waals surface area contributed by atoms with Crippen molar-refractivity contribution in [2.24, 2.45) is 10.7 Å². The molecule has 0 aliphatic rings. The number of guanidine groups is 1. The van der Waals surface area contributed by atoms with Crippen LogP contribution in [0, 0.1) is 0 Å². The van der Waals surface area contributed by atoms with Gasteiger partial charge in [0.1, 0.15) is 6.10 Å². The highest BCUT2D eigenvalue weighted by atomic mass is 35.5. The van der Waals surface area contributed by atoms with Gasteiger partial charge >= 0.3 is 0 Å². The van der Waals surface area contributed by atoms with E-state index in [9.17, 15) is 5.11 Å². The van der Waals surface area contributed by atoms with Gasteiger partial charge in [0.15, 0.2) is 5.96 Å². The zero-order valence-corrected chi connectivity index (χ0v) is 13.2. The number of nitrogens with zero attached hydrogens (tertiary/aromatic N) is 1. The first-order valence-electron chi connectivity index (χ1n) is 7.18. The molecule has 4 N–H and O–H groups in total. The van der Waals surface area contributed by atoms with Crippen molar-refractivity contribution in [2.75, 3.05) is 11.9 Å². The molecule has 0 aliphatic heterocycles. The zero-order valence-electron chi connectivity index (χ0n) is 12.5. The predicted molar refractivity (Wildman–Crippen MR) is 92.3 cm³/mol. The Kier molecular flexibility index (Phi) is 5.81. The maximum Gasteiger partial charge on any atom is 0.193 e. The molecule has 0 fully saturated rings. The van der Waals surface area contributed by atoms with Gasteiger partial charge in [-0.25, -0.2) is 0 Å². The summed E-state index contributed by atoms with van der Waals surface area (Å²) in [4.78, 5) is 4.17. The number of hydrogen-bond acceptors (Lipinski definition) is 2. The van der Waals surface area contributed by atoms with Crippen LogP contribution in [0.3, 0.4) is 0 Å². The summed E-state index contributed by atoms with van der Waals surface area (Å²) < 4.78 is 0. The molecule has 0 amide bonds. The Morgan fingerprint density at radius 2 is 2.05 bits per heavy atom. The van der Waals surface area contributed by atoms with Crippen LogP contribution in [0.4, 0.5) is 5.69 Å². The molecule has 2 rings (SSSR count). The van der Waals surface area contributed by atoms with Gasteiger partial charge < -0.3 is 16.2 Å². The molecule has 0 saturated carbocycles. The zero-order chi connectivity index (χ0) is 15.9. The smallest absolute Gasteiger partial charge is 0.193 e. The lowest BCUT2D eigenvalue weighted by molar-refractivity contribution is 0.187. The van der Waals surface area contributed by atoms with E-state index in [2.05, 4.69) is 23.3 Å². The van der Waals surface area contributed by atoms with E-state index < -0.39 is 6.10 Å². The summed E-state index contributed by atoms with van der Waals surface area (Å²) in [5, 5.41) is 13.7. The van der Waals surface area contributed by atoms with E-state index >= 15 is 0 Å². The number of hydrogen-bond donors (Lipinski definition) is 3. The molecule has 0 bridgehead atoms. The Labute approximate surface area is 135 Å². The van der Waals surface area contributed by atoms with Crippen LogP contribution in [0.1, 0.15) is 24.2 Å². The maximum atomic E-state index is 10.1. The Hall–Kier alpha value is -2.04. The van der Waals surface area contributed by atoms with Crippen LogP contribution in [0.5, 0.6) is 0 Å². The maximum absolute atomic E-state index is 10.1. The van der Waals surface area contributed by atoms with Crippen molar-refractivity contribution in [3.05, 3.63) is 64.7 Å². The van der Waals surface area contributed by atoms with Crippen molar-refractivity contribution in [3.8, 4) is 0 Å². The molecule has 22 heavy (non-hydrogen) atoms. The molecular formula is C17H20ClN3O. The molecule has 0 radical (unpaired) electrons. The van der Waals surface area contributed by atoms with E-state index in [1.165, 1.54) is 5.56 Å². The first-order valence-corrected chi connectivity index (χ1v) is 7.56. The molecule has 0 spiro atoms. The minimum Gasteiger partial charge on any atom is -0.386 e. The highest BCUT2D eigenvalue weighted by molar-refractivity contribution is 6.31. The molecule has 116 valence electrons. The van der Waals surface area contributed by atoms with Gasteiger partial charge in [-0.2, -0.15) is 0 Å². The molecule has 1 unspecified atom stereocenters. The lowest BCUT2D eigenvalue weighted by Crippen LogP contribution is -2.23. The Balaban J connectivity index is 1.99. The van der Waals surface area contributed by atoms with Gasteiger partial charge in [0.2, 0.25) is 0 Å². The molecule has 0 aliphatic carbocycles. The van der Waals surface area contributed by atoms with E-state index in [0.717, 1.165) is 12.1 Å². The van der Waals surface area contributed by atoms with Gasteiger partial charge in [0, 0.05) is 16.3 Å². The molecular weight excluding hydrogens is 298 g/mol. The van der Waals surface area contributed by atoms with Crippen LogP contribution in [0.2, 0.25) is 5.02 Å². The van der Waals surface area contributed by atoms with Crippen LogP contribution in [-0.4, -0.2) is 17.6 Å². The largest absolute Gasteiger partial charge is 0.386 e. The summed E-state index contributed by atoms with van der Waals surface area (Å²) in [6.45, 7) is 2.24. The first-order chi connectivity index (χ1) is 10.6. The van der Waals surface area contributed by atoms with Crippen molar-refractivity contribution >= 4 is 23.2 Å². The first kappa shape index (κ1) is 16.3. The number of benzene rings is 2. The second kappa shape index (κ2) is 7.82. The molecule has 0 saturated heterocycles. The van der Waals surface area contributed by atoms with Crippen LogP contribution < -0.4 is 11.1 Å². The minimum atomic E-state index is -0.781. The van der Waals surface area contributed by atoms with E-state index in [4.69, 9.17) is 17.3 Å². The van der Waals surface area contributed by atoms with E-state index in [1.54, 1.807) is 12.1 Å². The minimum absolute atomic E-state index is 0.149. The van der Waals surface area contributed by atoms with Crippen LogP contribution >= 0.6 is 11.6 Å². The fourth-order valence-corrected chi connectivity index (χ4v) is 2.35. The predicted octanol–water partition coefficient (Wildman–Crippen LogP) is 3.36. The molecule has 4 nitrogen and oxygen atoms in total. The highest BCUT2D eigenvalue weighted by Crippen LogP contribution is 2.22. The molecule has 1 atom stereocenters. The van der Waals surface area contributed by atoms with Crippen LogP contribution in [0.15, 0.2) is 53.5 Å². The fourth-order valence-electron chi connectivity index (χ4n) is 2.08. The Bertz CT molecular complexity index is 658. The number of anilines is 1. The summed E-state index contributed by atoms with van der Waals surface area (Å²) in [6.07, 6.45) is 0.175.